The van der Waals surface area contributed by atoms with Gasteiger partial charge in [-0.2, -0.15) is 0 Å². The summed E-state index contributed by atoms with van der Waals surface area (Å²) in [7, 11) is 1.08. The molecule has 0 radical (unpaired) electrons. The summed E-state index contributed by atoms with van der Waals surface area (Å²) in [4.78, 5) is 25.5. The van der Waals surface area contributed by atoms with E-state index in [4.69, 9.17) is 39.6 Å². The molecule has 0 aliphatic heterocycles. The fourth-order valence-corrected chi connectivity index (χ4v) is 6.33. The van der Waals surface area contributed by atoms with Crippen LogP contribution in [0.3, 0.4) is 0 Å². The second-order valence-electron chi connectivity index (χ2n) is 13.1. The van der Waals surface area contributed by atoms with Crippen molar-refractivity contribution in [1.82, 2.24) is 10.2 Å². The first kappa shape index (κ1) is 62.3. The molecule has 2 aromatic carbocycles. The van der Waals surface area contributed by atoms with E-state index in [9.17, 15) is 18.0 Å². The van der Waals surface area contributed by atoms with Gasteiger partial charge in [0, 0.05) is 45.6 Å². The normalized spacial score (nSPS) is 12.7. The van der Waals surface area contributed by atoms with Crippen LogP contribution >= 0.6 is 15.9 Å². The van der Waals surface area contributed by atoms with Gasteiger partial charge in [-0.05, 0) is 64.0 Å². The van der Waals surface area contributed by atoms with Crippen molar-refractivity contribution in [3.63, 3.8) is 0 Å². The average molecular weight is 1020 g/mol. The fraction of sp³-hybridized carbons (Fsp3) is 0.659. The number of carbonyl (C=O) groups excluding carboxylic acids is 2. The number of ether oxygens (including phenoxy) is 6. The Morgan fingerprint density at radius 2 is 0.952 bits per heavy atom. The number of likely N-dealkylation sites (N-methyl/N-ethyl adjacent to an activating group) is 2. The van der Waals surface area contributed by atoms with Gasteiger partial charge in [-0.15, -0.1) is 0 Å². The second-order valence-corrected chi connectivity index (χ2v) is 20.7. The predicted octanol–water partition coefficient (Wildman–Crippen LogP) is 4.37. The summed E-state index contributed by atoms with van der Waals surface area (Å²) in [5.74, 6) is 0.367. The molecule has 0 bridgehead atoms. The molecule has 3 N–H and O–H groups in total. The quantitative estimate of drug-likeness (QED) is 0.0715. The number of anilines is 2. The van der Waals surface area contributed by atoms with Gasteiger partial charge in [0.15, 0.2) is 0 Å². The number of benzene rings is 2. The number of carbonyl (C=O) groups is 2. The third kappa shape index (κ3) is 33.7. The lowest BCUT2D eigenvalue weighted by molar-refractivity contribution is -0.117. The van der Waals surface area contributed by atoms with Crippen LogP contribution < -0.4 is 16.0 Å². The van der Waals surface area contributed by atoms with Gasteiger partial charge in [-0.3, -0.25) is 22.9 Å². The smallest absolute Gasteiger partial charge is 0.238 e. The maximum atomic E-state index is 12.2. The van der Waals surface area contributed by atoms with Crippen molar-refractivity contribution >= 4 is 79.0 Å². The molecule has 2 unspecified atom stereocenters. The Morgan fingerprint density at radius 3 is 1.31 bits per heavy atom. The summed E-state index contributed by atoms with van der Waals surface area (Å²) < 4.78 is 63.9. The molecule has 0 heterocycles. The molecular formula is C41H73BrN4O12S4. The Labute approximate surface area is 390 Å². The van der Waals surface area contributed by atoms with Crippen molar-refractivity contribution in [1.29, 1.82) is 0 Å². The van der Waals surface area contributed by atoms with Gasteiger partial charge in [0.05, 0.1) is 118 Å². The molecule has 0 spiro atoms. The Kier molecular flexibility index (Phi) is 38.6. The van der Waals surface area contributed by atoms with Crippen molar-refractivity contribution in [2.24, 2.45) is 0 Å². The van der Waals surface area contributed by atoms with Crippen molar-refractivity contribution in [2.75, 3.05) is 155 Å². The van der Waals surface area contributed by atoms with Crippen LogP contribution in [0, 0.1) is 27.7 Å². The first-order valence-corrected chi connectivity index (χ1v) is 25.9. The highest BCUT2D eigenvalue weighted by molar-refractivity contribution is 9.09. The predicted molar refractivity (Wildman–Crippen MR) is 261 cm³/mol. The zero-order valence-electron chi connectivity index (χ0n) is 37.0. The molecule has 0 saturated heterocycles. The molecule has 2 atom stereocenters. The molecule has 0 fully saturated rings. The van der Waals surface area contributed by atoms with Crippen LogP contribution in [0.2, 0.25) is 0 Å². The number of alkyl halides is 1. The van der Waals surface area contributed by atoms with Gasteiger partial charge in [-0.1, -0.05) is 59.8 Å². The maximum Gasteiger partial charge on any atom is 0.238 e. The second kappa shape index (κ2) is 38.5. The minimum atomic E-state index is -2.64. The summed E-state index contributed by atoms with van der Waals surface area (Å²) in [6, 6.07) is 11.9. The van der Waals surface area contributed by atoms with Crippen molar-refractivity contribution in [3.05, 3.63) is 58.7 Å². The van der Waals surface area contributed by atoms with Gasteiger partial charge in [-0.25, -0.2) is 8.42 Å². The number of para-hydroxylation sites is 2. The van der Waals surface area contributed by atoms with Crippen molar-refractivity contribution in [3.8, 4) is 0 Å². The van der Waals surface area contributed by atoms with Gasteiger partial charge in [0.1, 0.15) is 17.5 Å². The highest BCUT2D eigenvalue weighted by Crippen LogP contribution is 2.20. The Morgan fingerprint density at radius 1 is 0.613 bits per heavy atom. The summed E-state index contributed by atoms with van der Waals surface area (Å²) in [5.41, 5.74) is 6.09. The van der Waals surface area contributed by atoms with Crippen LogP contribution in [0.15, 0.2) is 36.4 Å². The zero-order chi connectivity index (χ0) is 45.9. The lowest BCUT2D eigenvalue weighted by Crippen LogP contribution is -2.33. The third-order valence-corrected chi connectivity index (χ3v) is 12.5. The Balaban J connectivity index is 0. The van der Waals surface area contributed by atoms with Gasteiger partial charge in [0.2, 0.25) is 11.8 Å². The van der Waals surface area contributed by atoms with E-state index in [1.54, 1.807) is 7.05 Å². The van der Waals surface area contributed by atoms with E-state index >= 15 is 0 Å². The highest BCUT2D eigenvalue weighted by atomic mass is 79.9. The third-order valence-electron chi connectivity index (χ3n) is 8.03. The molecule has 2 amide bonds. The molecule has 360 valence electrons. The first-order valence-electron chi connectivity index (χ1n) is 19.7. The Bertz CT molecular complexity index is 1670. The van der Waals surface area contributed by atoms with Crippen LogP contribution in [0.25, 0.3) is 0 Å². The number of halogens is 1. The minimum Gasteiger partial charge on any atom is -0.378 e. The number of hydrogen-bond acceptors (Lipinski definition) is 16. The topological polar surface area (TPSA) is 181 Å². The van der Waals surface area contributed by atoms with E-state index in [2.05, 4.69) is 51.4 Å². The van der Waals surface area contributed by atoms with Gasteiger partial charge < -0.3 is 44.4 Å². The van der Waals surface area contributed by atoms with E-state index < -0.39 is 17.5 Å². The van der Waals surface area contributed by atoms with Crippen LogP contribution in [-0.2, 0) is 86.3 Å². The average Bonchev–Trinajstić information content (AvgIpc) is 3.21. The molecule has 0 aliphatic rings. The summed E-state index contributed by atoms with van der Waals surface area (Å²) in [6.07, 6.45) is 0. The fourth-order valence-electron chi connectivity index (χ4n) is 4.72. The molecule has 2 rings (SSSR count). The molecular weight excluding hydrogens is 949 g/mol. The summed E-state index contributed by atoms with van der Waals surface area (Å²) in [5, 5.41) is 9.50. The molecule has 62 heavy (non-hydrogen) atoms. The lowest BCUT2D eigenvalue weighted by atomic mass is 10.1. The number of amides is 2. The molecule has 0 aromatic heterocycles. The zero-order valence-corrected chi connectivity index (χ0v) is 41.9. The maximum absolute atomic E-state index is 12.2. The van der Waals surface area contributed by atoms with E-state index in [1.165, 1.54) is 14.2 Å². The number of rotatable bonds is 31. The number of aryl methyl sites for hydroxylation is 4. The highest BCUT2D eigenvalue weighted by Gasteiger charge is 2.10. The van der Waals surface area contributed by atoms with Crippen molar-refractivity contribution in [2.45, 2.75) is 35.1 Å². The van der Waals surface area contributed by atoms with E-state index in [0.717, 1.165) is 39.0 Å². The molecule has 21 heteroatoms. The molecule has 0 saturated carbocycles. The molecule has 2 aromatic rings. The largest absolute Gasteiger partial charge is 0.378 e. The SMILES string of the molecule is C.CNCC(=O)Nc1c(C)cccc1C.COS(=O)(=S)CCOCCOCCOCCBr.COS(=O)(=S)CCOCCOCCOCCN(C)CC(=O)Nc1c(C)cccc1C. The monoisotopic (exact) mass is 1020 g/mol. The molecule has 0 aliphatic carbocycles. The van der Waals surface area contributed by atoms with E-state index in [1.807, 2.05) is 76.0 Å². The number of nitrogens with zero attached hydrogens (tertiary/aromatic N) is 1. The Hall–Kier alpha value is -1.80. The molecule has 16 nitrogen and oxygen atoms in total. The van der Waals surface area contributed by atoms with Crippen LogP contribution in [0.1, 0.15) is 29.7 Å². The lowest BCUT2D eigenvalue weighted by Gasteiger charge is -2.17. The van der Waals surface area contributed by atoms with Crippen molar-refractivity contribution < 1.29 is 54.8 Å². The van der Waals surface area contributed by atoms with Crippen LogP contribution in [-0.4, -0.2) is 169 Å². The van der Waals surface area contributed by atoms with Gasteiger partial charge in [0.25, 0.3) is 0 Å². The van der Waals surface area contributed by atoms with E-state index in [0.29, 0.717) is 92.3 Å². The summed E-state index contributed by atoms with van der Waals surface area (Å²) >= 11 is 12.7. The minimum absolute atomic E-state index is 0. The van der Waals surface area contributed by atoms with Crippen LogP contribution in [0.4, 0.5) is 11.4 Å². The van der Waals surface area contributed by atoms with Crippen LogP contribution in [0.5, 0.6) is 0 Å². The number of hydrogen-bond donors (Lipinski definition) is 3. The summed E-state index contributed by atoms with van der Waals surface area (Å²) in [6.45, 7) is 14.8. The van der Waals surface area contributed by atoms with E-state index in [-0.39, 0.29) is 37.4 Å². The number of nitrogens with one attached hydrogen (secondary N) is 3. The van der Waals surface area contributed by atoms with Gasteiger partial charge >= 0.3 is 0 Å². The standard InChI is InChI=1S/C20H34N2O6S2.C11H16N2O.C9H19BrO5S2.CH4/c1-17-6-5-7-18(2)20(17)21-19(23)16-22(3)8-9-26-10-11-27-12-13-28-14-15-30(24,29)25-4;1-8-5-4-6-9(2)11(8)13-10(14)7-12-3;1-12-17(11,16)9-8-15-7-6-14-5-4-13-3-2-10;/h5-7H,8-16H2,1-4H3,(H,21,23);4-6,12H,7H2,1-3H3,(H,13,14);2-9H2,1H3;1H4. The first-order chi connectivity index (χ1) is 29.0.